The summed E-state index contributed by atoms with van der Waals surface area (Å²) in [5, 5.41) is 11.7. The van der Waals surface area contributed by atoms with E-state index < -0.39 is 0 Å². The highest BCUT2D eigenvalue weighted by atomic mass is 32.1. The van der Waals surface area contributed by atoms with Crippen molar-refractivity contribution in [1.82, 2.24) is 20.0 Å². The van der Waals surface area contributed by atoms with Gasteiger partial charge in [0.05, 0.1) is 18.5 Å². The lowest BCUT2D eigenvalue weighted by atomic mass is 10.00. The Morgan fingerprint density at radius 3 is 2.36 bits per heavy atom. The molecule has 36 heavy (non-hydrogen) atoms. The number of aromatic nitrogens is 4. The fraction of sp³-hybridized carbons (Fsp3) is 0.0714. The molecule has 0 atom stereocenters. The molecule has 0 amide bonds. The molecule has 0 spiro atoms. The highest BCUT2D eigenvalue weighted by molar-refractivity contribution is 7.71. The van der Waals surface area contributed by atoms with E-state index >= 15 is 0 Å². The number of methoxy groups -OCH3 is 1. The van der Waals surface area contributed by atoms with E-state index in [1.165, 1.54) is 0 Å². The number of aromatic amines is 1. The Bertz CT molecular complexity index is 1570. The van der Waals surface area contributed by atoms with Crippen LogP contribution in [0.25, 0.3) is 28.6 Å². The summed E-state index contributed by atoms with van der Waals surface area (Å²) >= 11 is 5.09. The summed E-state index contributed by atoms with van der Waals surface area (Å²) in [6, 6.07) is 26.7. The number of allylic oxidation sites excluding steroid dienone is 1. The maximum Gasteiger partial charge on any atom is 0.284 e. The second-order valence-corrected chi connectivity index (χ2v) is 8.37. The van der Waals surface area contributed by atoms with Crippen molar-refractivity contribution in [2.45, 2.75) is 6.42 Å². The average Bonchev–Trinajstić information content (AvgIpc) is 3.56. The van der Waals surface area contributed by atoms with E-state index in [2.05, 4.69) is 10.2 Å². The molecule has 0 aliphatic rings. The number of ketones is 1. The molecule has 2 heterocycles. The van der Waals surface area contributed by atoms with E-state index in [0.717, 1.165) is 22.5 Å². The van der Waals surface area contributed by atoms with Gasteiger partial charge in [0, 0.05) is 34.9 Å². The lowest BCUT2D eigenvalue weighted by Gasteiger charge is -2.05. The van der Waals surface area contributed by atoms with Gasteiger partial charge in [0.25, 0.3) is 4.84 Å². The molecule has 2 aromatic heterocycles. The monoisotopic (exact) mass is 494 g/mol. The molecule has 5 aromatic rings. The van der Waals surface area contributed by atoms with E-state index in [-0.39, 0.29) is 22.9 Å². The van der Waals surface area contributed by atoms with Gasteiger partial charge in [0.2, 0.25) is 5.89 Å². The first-order valence-corrected chi connectivity index (χ1v) is 11.7. The Kier molecular flexibility index (Phi) is 6.68. The fourth-order valence-electron chi connectivity index (χ4n) is 3.82. The van der Waals surface area contributed by atoms with Crippen molar-refractivity contribution in [2.24, 2.45) is 0 Å². The maximum absolute atomic E-state index is 13.2. The average molecular weight is 495 g/mol. The van der Waals surface area contributed by atoms with Gasteiger partial charge in [-0.3, -0.25) is 4.79 Å². The lowest BCUT2D eigenvalue weighted by molar-refractivity contribution is 0.0998. The Labute approximate surface area is 212 Å². The molecule has 0 unspecified atom stereocenters. The van der Waals surface area contributed by atoms with Crippen molar-refractivity contribution >= 4 is 29.7 Å². The number of para-hydroxylation sites is 1. The van der Waals surface area contributed by atoms with Gasteiger partial charge in [0.15, 0.2) is 5.78 Å². The Morgan fingerprint density at radius 1 is 1.03 bits per heavy atom. The van der Waals surface area contributed by atoms with Crippen molar-refractivity contribution in [3.63, 3.8) is 0 Å². The lowest BCUT2D eigenvalue weighted by Crippen LogP contribution is -2.01. The number of nitrogens with one attached hydrogen (secondary N) is 1. The third-order valence-corrected chi connectivity index (χ3v) is 5.79. The smallest absolute Gasteiger partial charge is 0.284 e. The van der Waals surface area contributed by atoms with E-state index in [4.69, 9.17) is 26.5 Å². The van der Waals surface area contributed by atoms with E-state index in [1.54, 1.807) is 31.4 Å². The minimum Gasteiger partial charge on any atom is -0.497 e. The molecule has 5 rings (SSSR count). The van der Waals surface area contributed by atoms with Gasteiger partial charge in [-0.05, 0) is 54.7 Å². The number of ether oxygens (including phenoxy) is 1. The first-order chi connectivity index (χ1) is 17.6. The first kappa shape index (κ1) is 23.2. The summed E-state index contributed by atoms with van der Waals surface area (Å²) in [5.74, 6) is 0.847. The SMILES string of the molecule is COc1ccc(C(=O)C/C(=C\c2cn(-c3ccccc3)nc2-c2ccccc2)c2n[nH]c(=S)o2)cc1. The number of nitrogens with zero attached hydrogens (tertiary/aromatic N) is 3. The zero-order valence-electron chi connectivity index (χ0n) is 19.4. The molecule has 0 fully saturated rings. The molecule has 178 valence electrons. The van der Waals surface area contributed by atoms with Crippen LogP contribution < -0.4 is 4.74 Å². The highest BCUT2D eigenvalue weighted by Gasteiger charge is 2.18. The van der Waals surface area contributed by atoms with Gasteiger partial charge in [-0.25, -0.2) is 9.78 Å². The predicted octanol–water partition coefficient (Wildman–Crippen LogP) is 6.41. The zero-order valence-corrected chi connectivity index (χ0v) is 20.2. The Balaban J connectivity index is 1.60. The van der Waals surface area contributed by atoms with Crippen molar-refractivity contribution in [1.29, 1.82) is 0 Å². The fourth-order valence-corrected chi connectivity index (χ4v) is 3.95. The third-order valence-electron chi connectivity index (χ3n) is 5.62. The van der Waals surface area contributed by atoms with Crippen LogP contribution in [0.5, 0.6) is 5.75 Å². The van der Waals surface area contributed by atoms with Crippen LogP contribution in [-0.2, 0) is 0 Å². The summed E-state index contributed by atoms with van der Waals surface area (Å²) in [6.45, 7) is 0. The summed E-state index contributed by atoms with van der Waals surface area (Å²) in [6.07, 6.45) is 3.86. The van der Waals surface area contributed by atoms with E-state index in [1.807, 2.05) is 77.6 Å². The number of Topliss-reactive ketones (excluding diaryl/α,β-unsaturated/α-hetero) is 1. The minimum atomic E-state index is -0.0928. The van der Waals surface area contributed by atoms with Crippen LogP contribution in [0.2, 0.25) is 0 Å². The quantitative estimate of drug-likeness (QED) is 0.198. The summed E-state index contributed by atoms with van der Waals surface area (Å²) in [7, 11) is 1.59. The molecule has 0 saturated carbocycles. The molecule has 0 radical (unpaired) electrons. The maximum atomic E-state index is 13.2. The first-order valence-electron chi connectivity index (χ1n) is 11.2. The third kappa shape index (κ3) is 5.08. The van der Waals surface area contributed by atoms with Crippen molar-refractivity contribution in [3.05, 3.63) is 113 Å². The topological polar surface area (TPSA) is 85.9 Å². The van der Waals surface area contributed by atoms with Gasteiger partial charge in [-0.15, -0.1) is 5.10 Å². The van der Waals surface area contributed by atoms with Gasteiger partial charge in [0.1, 0.15) is 5.75 Å². The Hall–Kier alpha value is -4.56. The number of carbonyl (C=O) groups is 1. The second kappa shape index (κ2) is 10.4. The Morgan fingerprint density at radius 2 is 1.72 bits per heavy atom. The molecule has 0 aliphatic heterocycles. The minimum absolute atomic E-state index is 0.0558. The largest absolute Gasteiger partial charge is 0.497 e. The number of H-pyrrole nitrogens is 1. The van der Waals surface area contributed by atoms with E-state index in [0.29, 0.717) is 16.9 Å². The summed E-state index contributed by atoms with van der Waals surface area (Å²) in [4.78, 5) is 13.3. The van der Waals surface area contributed by atoms with E-state index in [9.17, 15) is 4.79 Å². The number of benzene rings is 3. The van der Waals surface area contributed by atoms with Crippen LogP contribution in [0.4, 0.5) is 0 Å². The molecule has 0 saturated heterocycles. The molecule has 0 bridgehead atoms. The normalized spacial score (nSPS) is 11.4. The molecule has 8 heteroatoms. The number of hydrogen-bond donors (Lipinski definition) is 1. The standard InChI is InChI=1S/C28H22N4O3S/c1-34-24-14-12-19(13-15-24)25(33)17-21(27-29-30-28(36)35-27)16-22-18-32(23-10-6-3-7-11-23)31-26(22)20-8-4-2-5-9-20/h2-16,18H,17H2,1H3,(H,30,36)/b21-16+. The van der Waals surface area contributed by atoms with Crippen molar-refractivity contribution in [3.8, 4) is 22.7 Å². The van der Waals surface area contributed by atoms with Crippen LogP contribution in [0.1, 0.15) is 28.2 Å². The summed E-state index contributed by atoms with van der Waals surface area (Å²) < 4.78 is 12.6. The van der Waals surface area contributed by atoms with Gasteiger partial charge < -0.3 is 9.15 Å². The van der Waals surface area contributed by atoms with Crippen molar-refractivity contribution in [2.75, 3.05) is 7.11 Å². The van der Waals surface area contributed by atoms with Crippen LogP contribution in [-0.4, -0.2) is 32.9 Å². The molecule has 3 aromatic carbocycles. The number of hydrogen-bond acceptors (Lipinski definition) is 6. The van der Waals surface area contributed by atoms with Crippen LogP contribution in [0.15, 0.2) is 95.5 Å². The van der Waals surface area contributed by atoms with Gasteiger partial charge in [-0.2, -0.15) is 5.10 Å². The summed E-state index contributed by atoms with van der Waals surface area (Å²) in [5.41, 5.74) is 4.58. The van der Waals surface area contributed by atoms with Gasteiger partial charge in [-0.1, -0.05) is 48.5 Å². The van der Waals surface area contributed by atoms with Crippen molar-refractivity contribution < 1.29 is 13.9 Å². The zero-order chi connectivity index (χ0) is 24.9. The molecule has 7 nitrogen and oxygen atoms in total. The molecular formula is C28H22N4O3S. The predicted molar refractivity (Wildman–Crippen MR) is 141 cm³/mol. The number of carbonyl (C=O) groups excluding carboxylic acids is 1. The molecular weight excluding hydrogens is 472 g/mol. The van der Waals surface area contributed by atoms with Crippen LogP contribution in [0.3, 0.4) is 0 Å². The van der Waals surface area contributed by atoms with Crippen LogP contribution >= 0.6 is 12.2 Å². The van der Waals surface area contributed by atoms with Gasteiger partial charge >= 0.3 is 0 Å². The second-order valence-electron chi connectivity index (χ2n) is 8.00. The highest BCUT2D eigenvalue weighted by Crippen LogP contribution is 2.29. The van der Waals surface area contributed by atoms with Crippen LogP contribution in [0, 0.1) is 4.84 Å². The molecule has 0 aliphatic carbocycles. The molecule has 1 N–H and O–H groups in total. The number of rotatable bonds is 8.